The van der Waals surface area contributed by atoms with Crippen molar-refractivity contribution in [1.82, 2.24) is 10.2 Å². The first-order chi connectivity index (χ1) is 11.2. The molecule has 6 nitrogen and oxygen atoms in total. The molecule has 1 aliphatic rings. The van der Waals surface area contributed by atoms with Crippen LogP contribution in [0.1, 0.15) is 12.8 Å². The van der Waals surface area contributed by atoms with E-state index < -0.39 is 0 Å². The Balaban J connectivity index is 0.00000288. The van der Waals surface area contributed by atoms with E-state index in [1.807, 2.05) is 24.3 Å². The largest absolute Gasteiger partial charge is 0.493 e. The van der Waals surface area contributed by atoms with Gasteiger partial charge in [-0.1, -0.05) is 12.1 Å². The van der Waals surface area contributed by atoms with Crippen LogP contribution in [0, 0.1) is 5.92 Å². The number of nitrogens with two attached hydrogens (primary N) is 1. The Kier molecular flexibility index (Phi) is 9.52. The number of benzene rings is 1. The van der Waals surface area contributed by atoms with Gasteiger partial charge in [-0.2, -0.15) is 0 Å². The molecule has 2 rings (SSSR count). The summed E-state index contributed by atoms with van der Waals surface area (Å²) in [6.07, 6.45) is 1.98. The topological polar surface area (TPSA) is 76.8 Å². The summed E-state index contributed by atoms with van der Waals surface area (Å²) in [4.78, 5) is 14.3. The molecule has 1 unspecified atom stereocenters. The van der Waals surface area contributed by atoms with Crippen molar-refractivity contribution in [3.63, 3.8) is 0 Å². The van der Waals surface area contributed by atoms with E-state index in [1.54, 1.807) is 7.11 Å². The standard InChI is InChI=1S/C17H27N3O3.ClH/c1-22-15-6-2-3-7-16(15)23-12-11-20-10-4-5-14(13-20)17(21)19-9-8-18;/h2-3,6-7,14H,4-5,8-13,18H2,1H3,(H,19,21);1H. The van der Waals surface area contributed by atoms with Gasteiger partial charge in [0, 0.05) is 26.2 Å². The van der Waals surface area contributed by atoms with Gasteiger partial charge in [0.05, 0.1) is 13.0 Å². The zero-order valence-corrected chi connectivity index (χ0v) is 15.0. The minimum absolute atomic E-state index is 0. The number of nitrogens with one attached hydrogen (secondary N) is 1. The molecule has 1 fully saturated rings. The molecule has 0 bridgehead atoms. The van der Waals surface area contributed by atoms with Gasteiger partial charge in [-0.05, 0) is 31.5 Å². The summed E-state index contributed by atoms with van der Waals surface area (Å²) in [6, 6.07) is 7.63. The van der Waals surface area contributed by atoms with E-state index in [0.717, 1.165) is 44.0 Å². The predicted octanol–water partition coefficient (Wildman–Crippen LogP) is 1.28. The van der Waals surface area contributed by atoms with E-state index in [9.17, 15) is 4.79 Å². The van der Waals surface area contributed by atoms with Crippen molar-refractivity contribution in [2.75, 3.05) is 46.4 Å². The van der Waals surface area contributed by atoms with Crippen LogP contribution in [-0.2, 0) is 4.79 Å². The Hall–Kier alpha value is -1.50. The molecular weight excluding hydrogens is 330 g/mol. The molecule has 0 saturated carbocycles. The number of halogens is 1. The predicted molar refractivity (Wildman–Crippen MR) is 97.0 cm³/mol. The van der Waals surface area contributed by atoms with Crippen molar-refractivity contribution in [1.29, 1.82) is 0 Å². The van der Waals surface area contributed by atoms with Gasteiger partial charge < -0.3 is 20.5 Å². The lowest BCUT2D eigenvalue weighted by molar-refractivity contribution is -0.126. The number of amides is 1. The Labute approximate surface area is 150 Å². The SMILES string of the molecule is COc1ccccc1OCCN1CCCC(C(=O)NCCN)C1.Cl. The second kappa shape index (κ2) is 11.1. The van der Waals surface area contributed by atoms with Gasteiger partial charge in [-0.3, -0.25) is 9.69 Å². The molecular formula is C17H28ClN3O3. The van der Waals surface area contributed by atoms with Crippen LogP contribution >= 0.6 is 12.4 Å². The summed E-state index contributed by atoms with van der Waals surface area (Å²) < 4.78 is 11.1. The molecule has 3 N–H and O–H groups in total. The van der Waals surface area contributed by atoms with Crippen LogP contribution in [0.2, 0.25) is 0 Å². The molecule has 24 heavy (non-hydrogen) atoms. The number of hydrogen-bond acceptors (Lipinski definition) is 5. The van der Waals surface area contributed by atoms with Crippen LogP contribution in [0.5, 0.6) is 11.5 Å². The second-order valence-corrected chi connectivity index (χ2v) is 5.72. The van der Waals surface area contributed by atoms with Gasteiger partial charge in [-0.25, -0.2) is 0 Å². The summed E-state index contributed by atoms with van der Waals surface area (Å²) in [5.41, 5.74) is 5.43. The molecule has 136 valence electrons. The number of ether oxygens (including phenoxy) is 2. The number of hydrogen-bond donors (Lipinski definition) is 2. The van der Waals surface area contributed by atoms with Crippen molar-refractivity contribution in [2.45, 2.75) is 12.8 Å². The lowest BCUT2D eigenvalue weighted by atomic mass is 9.97. The molecule has 1 aromatic carbocycles. The van der Waals surface area contributed by atoms with Crippen LogP contribution in [-0.4, -0.2) is 57.2 Å². The smallest absolute Gasteiger partial charge is 0.224 e. The van der Waals surface area contributed by atoms with E-state index in [0.29, 0.717) is 19.7 Å². The molecule has 1 saturated heterocycles. The van der Waals surface area contributed by atoms with Gasteiger partial charge in [0.2, 0.25) is 5.91 Å². The zero-order chi connectivity index (χ0) is 16.5. The Bertz CT molecular complexity index is 502. The number of carbonyl (C=O) groups is 1. The summed E-state index contributed by atoms with van der Waals surface area (Å²) in [5, 5.41) is 2.88. The molecule has 1 aromatic rings. The highest BCUT2D eigenvalue weighted by molar-refractivity contribution is 5.85. The Morgan fingerprint density at radius 2 is 2.12 bits per heavy atom. The number of piperidine rings is 1. The van der Waals surface area contributed by atoms with E-state index in [2.05, 4.69) is 10.2 Å². The summed E-state index contributed by atoms with van der Waals surface area (Å²) >= 11 is 0. The number of likely N-dealkylation sites (tertiary alicyclic amines) is 1. The number of methoxy groups -OCH3 is 1. The molecule has 7 heteroatoms. The van der Waals surface area contributed by atoms with Gasteiger partial charge in [0.1, 0.15) is 6.61 Å². The lowest BCUT2D eigenvalue weighted by Crippen LogP contribution is -2.45. The highest BCUT2D eigenvalue weighted by atomic mass is 35.5. The average Bonchev–Trinajstić information content (AvgIpc) is 2.60. The summed E-state index contributed by atoms with van der Waals surface area (Å²) in [6.45, 7) is 4.21. The normalized spacial score (nSPS) is 17.7. The van der Waals surface area contributed by atoms with Gasteiger partial charge >= 0.3 is 0 Å². The minimum Gasteiger partial charge on any atom is -0.493 e. The third kappa shape index (κ3) is 6.19. The fourth-order valence-corrected chi connectivity index (χ4v) is 2.84. The third-order valence-corrected chi connectivity index (χ3v) is 4.05. The Morgan fingerprint density at radius 3 is 2.83 bits per heavy atom. The van der Waals surface area contributed by atoms with E-state index >= 15 is 0 Å². The fraction of sp³-hybridized carbons (Fsp3) is 0.588. The molecule has 0 spiro atoms. The highest BCUT2D eigenvalue weighted by Gasteiger charge is 2.25. The first-order valence-corrected chi connectivity index (χ1v) is 8.20. The van der Waals surface area contributed by atoms with Gasteiger partial charge in [0.15, 0.2) is 11.5 Å². The van der Waals surface area contributed by atoms with E-state index in [4.69, 9.17) is 15.2 Å². The second-order valence-electron chi connectivity index (χ2n) is 5.72. The third-order valence-electron chi connectivity index (χ3n) is 4.05. The number of nitrogens with zero attached hydrogens (tertiary/aromatic N) is 1. The average molecular weight is 358 g/mol. The van der Waals surface area contributed by atoms with Crippen molar-refractivity contribution in [3.8, 4) is 11.5 Å². The quantitative estimate of drug-likeness (QED) is 0.733. The molecule has 1 amide bonds. The maximum atomic E-state index is 12.0. The Morgan fingerprint density at radius 1 is 1.38 bits per heavy atom. The highest BCUT2D eigenvalue weighted by Crippen LogP contribution is 2.25. The number of carbonyl (C=O) groups excluding carboxylic acids is 1. The number of rotatable bonds is 8. The van der Waals surface area contributed by atoms with Gasteiger partial charge in [-0.15, -0.1) is 12.4 Å². The van der Waals surface area contributed by atoms with E-state index in [-0.39, 0.29) is 24.2 Å². The monoisotopic (exact) mass is 357 g/mol. The van der Waals surface area contributed by atoms with E-state index in [1.165, 1.54) is 0 Å². The molecule has 1 aliphatic heterocycles. The van der Waals surface area contributed by atoms with Crippen molar-refractivity contribution in [3.05, 3.63) is 24.3 Å². The van der Waals surface area contributed by atoms with Crippen molar-refractivity contribution in [2.24, 2.45) is 11.7 Å². The van der Waals surface area contributed by atoms with Crippen LogP contribution in [0.15, 0.2) is 24.3 Å². The summed E-state index contributed by atoms with van der Waals surface area (Å²) in [5.74, 6) is 1.67. The zero-order valence-electron chi connectivity index (χ0n) is 14.2. The number of para-hydroxylation sites is 2. The lowest BCUT2D eigenvalue weighted by Gasteiger charge is -2.31. The first kappa shape index (κ1) is 20.5. The molecule has 0 aliphatic carbocycles. The fourth-order valence-electron chi connectivity index (χ4n) is 2.84. The van der Waals surface area contributed by atoms with Crippen LogP contribution < -0.4 is 20.5 Å². The maximum absolute atomic E-state index is 12.0. The van der Waals surface area contributed by atoms with Crippen LogP contribution in [0.25, 0.3) is 0 Å². The summed E-state index contributed by atoms with van der Waals surface area (Å²) in [7, 11) is 1.64. The molecule has 1 heterocycles. The first-order valence-electron chi connectivity index (χ1n) is 8.20. The maximum Gasteiger partial charge on any atom is 0.224 e. The van der Waals surface area contributed by atoms with Crippen molar-refractivity contribution >= 4 is 18.3 Å². The van der Waals surface area contributed by atoms with Crippen LogP contribution in [0.4, 0.5) is 0 Å². The van der Waals surface area contributed by atoms with Crippen molar-refractivity contribution < 1.29 is 14.3 Å². The van der Waals surface area contributed by atoms with Crippen LogP contribution in [0.3, 0.4) is 0 Å². The minimum atomic E-state index is 0. The van der Waals surface area contributed by atoms with Gasteiger partial charge in [0.25, 0.3) is 0 Å². The molecule has 1 atom stereocenters. The molecule has 0 radical (unpaired) electrons. The molecule has 0 aromatic heterocycles.